The number of nitrogens with one attached hydrogen (secondary N) is 1. The Labute approximate surface area is 88.7 Å². The van der Waals surface area contributed by atoms with Gasteiger partial charge in [-0.15, -0.1) is 0 Å². The molecule has 2 fully saturated rings. The standard InChI is InChI=1S/C13H25N/c1-9(2)14-8-11-12(4,5)13(11)7-6-10(13)3/h9-11,14H,6-8H2,1-5H3. The maximum absolute atomic E-state index is 3.61. The minimum Gasteiger partial charge on any atom is -0.314 e. The molecule has 0 aromatic rings. The van der Waals surface area contributed by atoms with Crippen LogP contribution in [0.15, 0.2) is 0 Å². The zero-order chi connectivity index (χ0) is 10.6. The minimum atomic E-state index is 0.604. The fourth-order valence-electron chi connectivity index (χ4n) is 4.01. The monoisotopic (exact) mass is 195 g/mol. The summed E-state index contributed by atoms with van der Waals surface area (Å²) in [6.07, 6.45) is 2.94. The second kappa shape index (κ2) is 2.98. The van der Waals surface area contributed by atoms with E-state index in [2.05, 4.69) is 39.9 Å². The molecule has 3 atom stereocenters. The number of rotatable bonds is 3. The van der Waals surface area contributed by atoms with Crippen molar-refractivity contribution in [3.05, 3.63) is 0 Å². The molecule has 82 valence electrons. The summed E-state index contributed by atoms with van der Waals surface area (Å²) < 4.78 is 0. The predicted octanol–water partition coefficient (Wildman–Crippen LogP) is 3.06. The number of hydrogen-bond donors (Lipinski definition) is 1. The lowest BCUT2D eigenvalue weighted by Gasteiger charge is -2.38. The highest BCUT2D eigenvalue weighted by Gasteiger charge is 2.74. The fraction of sp³-hybridized carbons (Fsp3) is 1.00. The molecular weight excluding hydrogens is 170 g/mol. The van der Waals surface area contributed by atoms with Crippen molar-refractivity contribution >= 4 is 0 Å². The summed E-state index contributed by atoms with van der Waals surface area (Å²) in [4.78, 5) is 0. The largest absolute Gasteiger partial charge is 0.314 e. The lowest BCUT2D eigenvalue weighted by molar-refractivity contribution is 0.112. The lowest BCUT2D eigenvalue weighted by Crippen LogP contribution is -2.33. The van der Waals surface area contributed by atoms with Crippen LogP contribution in [0.5, 0.6) is 0 Å². The van der Waals surface area contributed by atoms with Crippen LogP contribution in [0.1, 0.15) is 47.5 Å². The van der Waals surface area contributed by atoms with Crippen molar-refractivity contribution in [1.82, 2.24) is 5.32 Å². The van der Waals surface area contributed by atoms with Gasteiger partial charge in [0, 0.05) is 6.04 Å². The summed E-state index contributed by atoms with van der Waals surface area (Å²) in [6, 6.07) is 0.638. The van der Waals surface area contributed by atoms with Gasteiger partial charge in [0.25, 0.3) is 0 Å². The van der Waals surface area contributed by atoms with E-state index in [1.54, 1.807) is 0 Å². The molecule has 0 aliphatic heterocycles. The van der Waals surface area contributed by atoms with E-state index in [1.165, 1.54) is 19.4 Å². The molecule has 2 saturated carbocycles. The van der Waals surface area contributed by atoms with Gasteiger partial charge < -0.3 is 5.32 Å². The van der Waals surface area contributed by atoms with Gasteiger partial charge in [-0.3, -0.25) is 0 Å². The Morgan fingerprint density at radius 1 is 1.36 bits per heavy atom. The van der Waals surface area contributed by atoms with Crippen molar-refractivity contribution in [2.24, 2.45) is 22.7 Å². The van der Waals surface area contributed by atoms with Crippen molar-refractivity contribution in [2.45, 2.75) is 53.5 Å². The molecule has 1 nitrogen and oxygen atoms in total. The second-order valence-electron chi connectivity index (χ2n) is 6.32. The van der Waals surface area contributed by atoms with Crippen molar-refractivity contribution < 1.29 is 0 Å². The predicted molar refractivity (Wildman–Crippen MR) is 61.2 cm³/mol. The summed E-state index contributed by atoms with van der Waals surface area (Å²) in [5.41, 5.74) is 1.32. The van der Waals surface area contributed by atoms with Crippen LogP contribution in [0.3, 0.4) is 0 Å². The Bertz CT molecular complexity index is 231. The molecule has 2 aliphatic carbocycles. The maximum atomic E-state index is 3.61. The summed E-state index contributed by atoms with van der Waals surface area (Å²) in [5, 5.41) is 3.61. The van der Waals surface area contributed by atoms with Crippen LogP contribution in [-0.2, 0) is 0 Å². The first-order valence-electron chi connectivity index (χ1n) is 6.16. The number of hydrogen-bond acceptors (Lipinski definition) is 1. The Morgan fingerprint density at radius 2 is 2.00 bits per heavy atom. The first-order chi connectivity index (χ1) is 6.43. The van der Waals surface area contributed by atoms with Gasteiger partial charge in [-0.2, -0.15) is 0 Å². The second-order valence-corrected chi connectivity index (χ2v) is 6.32. The molecular formula is C13H25N. The first-order valence-corrected chi connectivity index (χ1v) is 6.16. The Hall–Kier alpha value is -0.0400. The molecule has 3 unspecified atom stereocenters. The molecule has 14 heavy (non-hydrogen) atoms. The average Bonchev–Trinajstić information content (AvgIpc) is 2.59. The highest BCUT2D eigenvalue weighted by molar-refractivity contribution is 5.23. The van der Waals surface area contributed by atoms with Crippen molar-refractivity contribution in [3.63, 3.8) is 0 Å². The average molecular weight is 195 g/mol. The quantitative estimate of drug-likeness (QED) is 0.730. The SMILES string of the molecule is CC(C)NCC1C(C)(C)C12CCC2C. The van der Waals surface area contributed by atoms with E-state index in [-0.39, 0.29) is 0 Å². The van der Waals surface area contributed by atoms with E-state index >= 15 is 0 Å². The van der Waals surface area contributed by atoms with Gasteiger partial charge in [-0.25, -0.2) is 0 Å². The first kappa shape index (κ1) is 10.5. The molecule has 0 heterocycles. The van der Waals surface area contributed by atoms with Crippen LogP contribution in [0.2, 0.25) is 0 Å². The molecule has 1 spiro atoms. The van der Waals surface area contributed by atoms with Crippen LogP contribution >= 0.6 is 0 Å². The third-order valence-corrected chi connectivity index (χ3v) is 5.21. The van der Waals surface area contributed by atoms with Crippen LogP contribution in [0.4, 0.5) is 0 Å². The van der Waals surface area contributed by atoms with Gasteiger partial charge in [-0.05, 0) is 42.1 Å². The topological polar surface area (TPSA) is 12.0 Å². The molecule has 0 aromatic heterocycles. The molecule has 0 amide bonds. The van der Waals surface area contributed by atoms with Crippen LogP contribution in [0.25, 0.3) is 0 Å². The van der Waals surface area contributed by atoms with E-state index in [0.717, 1.165) is 17.3 Å². The third-order valence-electron chi connectivity index (χ3n) is 5.21. The van der Waals surface area contributed by atoms with E-state index in [9.17, 15) is 0 Å². The Morgan fingerprint density at radius 3 is 2.29 bits per heavy atom. The summed E-state index contributed by atoms with van der Waals surface area (Å²) in [7, 11) is 0. The molecule has 2 aliphatic rings. The highest BCUT2D eigenvalue weighted by atomic mass is 14.9. The van der Waals surface area contributed by atoms with E-state index in [1.807, 2.05) is 0 Å². The van der Waals surface area contributed by atoms with Gasteiger partial charge in [0.05, 0.1) is 0 Å². The highest BCUT2D eigenvalue weighted by Crippen LogP contribution is 2.79. The molecule has 0 bridgehead atoms. The van der Waals surface area contributed by atoms with E-state index < -0.39 is 0 Å². The van der Waals surface area contributed by atoms with Crippen LogP contribution in [0, 0.1) is 22.7 Å². The smallest absolute Gasteiger partial charge is 0.00105 e. The summed E-state index contributed by atoms with van der Waals surface area (Å²) >= 11 is 0. The summed E-state index contributed by atoms with van der Waals surface area (Å²) in [6.45, 7) is 13.1. The van der Waals surface area contributed by atoms with Crippen molar-refractivity contribution in [1.29, 1.82) is 0 Å². The zero-order valence-electron chi connectivity index (χ0n) is 10.4. The maximum Gasteiger partial charge on any atom is 0.00105 e. The Kier molecular flexibility index (Phi) is 2.23. The Balaban J connectivity index is 1.95. The molecule has 0 saturated heterocycles. The van der Waals surface area contributed by atoms with Gasteiger partial charge in [0.1, 0.15) is 0 Å². The molecule has 1 heteroatoms. The zero-order valence-corrected chi connectivity index (χ0v) is 10.4. The molecule has 0 aromatic carbocycles. The van der Waals surface area contributed by atoms with Gasteiger partial charge in [0.15, 0.2) is 0 Å². The normalized spacial score (nSPS) is 44.1. The van der Waals surface area contributed by atoms with E-state index in [0.29, 0.717) is 11.5 Å². The van der Waals surface area contributed by atoms with Crippen LogP contribution < -0.4 is 5.32 Å². The molecule has 0 radical (unpaired) electrons. The third kappa shape index (κ3) is 1.11. The lowest BCUT2D eigenvalue weighted by atomic mass is 9.67. The van der Waals surface area contributed by atoms with Gasteiger partial charge >= 0.3 is 0 Å². The van der Waals surface area contributed by atoms with E-state index in [4.69, 9.17) is 0 Å². The van der Waals surface area contributed by atoms with Gasteiger partial charge in [0.2, 0.25) is 0 Å². The molecule has 1 N–H and O–H groups in total. The minimum absolute atomic E-state index is 0.604. The van der Waals surface area contributed by atoms with Gasteiger partial charge in [-0.1, -0.05) is 34.6 Å². The van der Waals surface area contributed by atoms with Crippen molar-refractivity contribution in [3.8, 4) is 0 Å². The summed E-state index contributed by atoms with van der Waals surface area (Å²) in [5.74, 6) is 1.90. The van der Waals surface area contributed by atoms with Crippen LogP contribution in [-0.4, -0.2) is 12.6 Å². The fourth-order valence-corrected chi connectivity index (χ4v) is 4.01. The molecule has 2 rings (SSSR count). The van der Waals surface area contributed by atoms with Crippen molar-refractivity contribution in [2.75, 3.05) is 6.54 Å².